The zero-order chi connectivity index (χ0) is 13.1. The van der Waals surface area contributed by atoms with E-state index in [-0.39, 0.29) is 17.3 Å². The van der Waals surface area contributed by atoms with E-state index in [9.17, 15) is 4.79 Å². The number of aromatic nitrogens is 4. The van der Waals surface area contributed by atoms with Crippen LogP contribution in [0.1, 0.15) is 25.1 Å². The van der Waals surface area contributed by atoms with Crippen molar-refractivity contribution in [1.82, 2.24) is 19.7 Å². The first-order valence-electron chi connectivity index (χ1n) is 5.33. The van der Waals surface area contributed by atoms with Gasteiger partial charge in [-0.05, 0) is 29.0 Å². The van der Waals surface area contributed by atoms with Crippen molar-refractivity contribution >= 4 is 34.2 Å². The number of halogens is 2. The molecule has 18 heavy (non-hydrogen) atoms. The van der Waals surface area contributed by atoms with Crippen molar-refractivity contribution in [3.05, 3.63) is 37.1 Å². The molecule has 0 saturated heterocycles. The molecule has 2 aromatic heterocycles. The highest BCUT2D eigenvalue weighted by Crippen LogP contribution is 2.10. The van der Waals surface area contributed by atoms with Crippen LogP contribution in [0.2, 0.25) is 5.15 Å². The second-order valence-corrected chi connectivity index (χ2v) is 5.07. The maximum absolute atomic E-state index is 11.9. The summed E-state index contributed by atoms with van der Waals surface area (Å²) in [5.74, 6) is 1.04. The van der Waals surface area contributed by atoms with Crippen molar-refractivity contribution in [3.8, 4) is 0 Å². The van der Waals surface area contributed by atoms with Gasteiger partial charge in [0.15, 0.2) is 5.82 Å². The Kier molecular flexibility index (Phi) is 4.33. The molecule has 0 spiro atoms. The predicted molar refractivity (Wildman–Crippen MR) is 73.6 cm³/mol. The van der Waals surface area contributed by atoms with E-state index in [1.54, 1.807) is 0 Å². The van der Waals surface area contributed by atoms with Gasteiger partial charge >= 0.3 is 0 Å². The fourth-order valence-corrected chi connectivity index (χ4v) is 1.96. The van der Waals surface area contributed by atoms with Gasteiger partial charge in [0.1, 0.15) is 15.3 Å². The molecule has 0 atom stereocenters. The Labute approximate surface area is 122 Å². The van der Waals surface area contributed by atoms with Gasteiger partial charge < -0.3 is 4.52 Å². The molecule has 6 nitrogen and oxygen atoms in total. The molecule has 0 saturated carbocycles. The molecule has 0 aliphatic carbocycles. The Morgan fingerprint density at radius 3 is 3.06 bits per heavy atom. The van der Waals surface area contributed by atoms with Gasteiger partial charge in [0.2, 0.25) is 5.89 Å². The number of hydrogen-bond acceptors (Lipinski definition) is 5. The summed E-state index contributed by atoms with van der Waals surface area (Å²) in [4.78, 5) is 20.0. The summed E-state index contributed by atoms with van der Waals surface area (Å²) in [6.45, 7) is 2.24. The van der Waals surface area contributed by atoms with Crippen LogP contribution in [0.4, 0.5) is 0 Å². The topological polar surface area (TPSA) is 73.8 Å². The van der Waals surface area contributed by atoms with E-state index in [0.717, 1.165) is 12.8 Å². The average molecular weight is 381 g/mol. The van der Waals surface area contributed by atoms with Crippen LogP contribution >= 0.6 is 34.2 Å². The van der Waals surface area contributed by atoms with E-state index in [2.05, 4.69) is 15.1 Å². The Bertz CT molecular complexity index is 610. The van der Waals surface area contributed by atoms with Gasteiger partial charge in [0, 0.05) is 6.42 Å². The van der Waals surface area contributed by atoms with Gasteiger partial charge in [-0.15, -0.1) is 0 Å². The summed E-state index contributed by atoms with van der Waals surface area (Å²) in [6, 6.07) is 0. The molecule has 8 heteroatoms. The smallest absolute Gasteiger partial charge is 0.268 e. The van der Waals surface area contributed by atoms with Crippen molar-refractivity contribution in [3.63, 3.8) is 0 Å². The highest BCUT2D eigenvalue weighted by Gasteiger charge is 2.11. The molecular formula is C10H10ClIN4O2. The van der Waals surface area contributed by atoms with Gasteiger partial charge in [0.25, 0.3) is 5.56 Å². The van der Waals surface area contributed by atoms with Gasteiger partial charge in [-0.1, -0.05) is 23.7 Å². The van der Waals surface area contributed by atoms with Crippen molar-refractivity contribution in [2.75, 3.05) is 0 Å². The summed E-state index contributed by atoms with van der Waals surface area (Å²) < 4.78 is 6.83. The normalized spacial score (nSPS) is 10.8. The van der Waals surface area contributed by atoms with E-state index in [0.29, 0.717) is 15.3 Å². The second kappa shape index (κ2) is 5.79. The number of hydrogen-bond donors (Lipinski definition) is 0. The van der Waals surface area contributed by atoms with Crippen LogP contribution in [-0.4, -0.2) is 19.7 Å². The van der Waals surface area contributed by atoms with Crippen molar-refractivity contribution in [2.24, 2.45) is 0 Å². The first-order chi connectivity index (χ1) is 8.61. The number of nitrogens with zero attached hydrogens (tertiary/aromatic N) is 4. The van der Waals surface area contributed by atoms with E-state index in [4.69, 9.17) is 16.1 Å². The largest absolute Gasteiger partial charge is 0.337 e. The van der Waals surface area contributed by atoms with E-state index in [1.165, 1.54) is 10.9 Å². The summed E-state index contributed by atoms with van der Waals surface area (Å²) in [6.07, 6.45) is 3.07. The molecule has 0 radical (unpaired) electrons. The molecule has 96 valence electrons. The van der Waals surface area contributed by atoms with Gasteiger partial charge in [-0.3, -0.25) is 9.36 Å². The van der Waals surface area contributed by atoms with Crippen LogP contribution in [0.5, 0.6) is 0 Å². The monoisotopic (exact) mass is 380 g/mol. The first-order valence-corrected chi connectivity index (χ1v) is 6.79. The lowest BCUT2D eigenvalue weighted by molar-refractivity contribution is 0.364. The fraction of sp³-hybridized carbons (Fsp3) is 0.400. The Hall–Kier alpha value is -0.960. The summed E-state index contributed by atoms with van der Waals surface area (Å²) in [5.41, 5.74) is -0.217. The van der Waals surface area contributed by atoms with E-state index < -0.39 is 0 Å². The molecule has 0 unspecified atom stereocenters. The second-order valence-electron chi connectivity index (χ2n) is 3.64. The molecule has 0 bridgehead atoms. The molecule has 2 heterocycles. The zero-order valence-corrected chi connectivity index (χ0v) is 12.5. The SMILES string of the molecule is CCCc1noc(Cn2cnc(Cl)c(I)c2=O)n1. The highest BCUT2D eigenvalue weighted by atomic mass is 127. The molecular weight excluding hydrogens is 370 g/mol. The quantitative estimate of drug-likeness (QED) is 0.598. The molecule has 2 aromatic rings. The van der Waals surface area contributed by atoms with Crippen molar-refractivity contribution in [1.29, 1.82) is 0 Å². The third kappa shape index (κ3) is 2.89. The van der Waals surface area contributed by atoms with Crippen LogP contribution in [0.15, 0.2) is 15.6 Å². The molecule has 0 aliphatic rings. The van der Waals surface area contributed by atoms with Crippen molar-refractivity contribution < 1.29 is 4.52 Å². The van der Waals surface area contributed by atoms with Gasteiger partial charge in [-0.2, -0.15) is 4.98 Å². The standard InChI is InChI=1S/C10H10ClIN4O2/c1-2-3-6-14-7(18-15-6)4-16-5-13-9(11)8(12)10(16)17/h5H,2-4H2,1H3. The predicted octanol–water partition coefficient (Wildman–Crippen LogP) is 1.89. The molecule has 0 fully saturated rings. The van der Waals surface area contributed by atoms with E-state index in [1.807, 2.05) is 29.5 Å². The van der Waals surface area contributed by atoms with Crippen molar-refractivity contribution in [2.45, 2.75) is 26.3 Å². The highest BCUT2D eigenvalue weighted by molar-refractivity contribution is 14.1. The van der Waals surface area contributed by atoms with Crippen LogP contribution in [0, 0.1) is 3.57 Å². The Morgan fingerprint density at radius 1 is 1.56 bits per heavy atom. The lowest BCUT2D eigenvalue weighted by atomic mass is 10.3. The lowest BCUT2D eigenvalue weighted by Gasteiger charge is -2.02. The van der Waals surface area contributed by atoms with Gasteiger partial charge in [-0.25, -0.2) is 4.98 Å². The Balaban J connectivity index is 2.23. The summed E-state index contributed by atoms with van der Waals surface area (Å²) in [7, 11) is 0. The maximum atomic E-state index is 11.9. The summed E-state index contributed by atoms with van der Waals surface area (Å²) in [5, 5.41) is 4.02. The molecule has 0 N–H and O–H groups in total. The van der Waals surface area contributed by atoms with Crippen LogP contribution in [-0.2, 0) is 13.0 Å². The third-order valence-corrected chi connectivity index (χ3v) is 3.81. The first kappa shape index (κ1) is 13.5. The zero-order valence-electron chi connectivity index (χ0n) is 9.56. The molecule has 2 rings (SSSR count). The minimum absolute atomic E-state index is 0.203. The Morgan fingerprint density at radius 2 is 2.33 bits per heavy atom. The summed E-state index contributed by atoms with van der Waals surface area (Å²) >= 11 is 7.61. The average Bonchev–Trinajstić information content (AvgIpc) is 2.78. The van der Waals surface area contributed by atoms with Crippen LogP contribution in [0.3, 0.4) is 0 Å². The maximum Gasteiger partial charge on any atom is 0.268 e. The molecule has 0 amide bonds. The number of rotatable bonds is 4. The number of aryl methyl sites for hydroxylation is 1. The minimum Gasteiger partial charge on any atom is -0.337 e. The van der Waals surface area contributed by atoms with E-state index >= 15 is 0 Å². The lowest BCUT2D eigenvalue weighted by Crippen LogP contribution is -2.23. The van der Waals surface area contributed by atoms with Crippen LogP contribution in [0.25, 0.3) is 0 Å². The fourth-order valence-electron chi connectivity index (χ4n) is 1.38. The van der Waals surface area contributed by atoms with Crippen LogP contribution < -0.4 is 5.56 Å². The van der Waals surface area contributed by atoms with Gasteiger partial charge in [0.05, 0.1) is 6.33 Å². The molecule has 0 aliphatic heterocycles. The third-order valence-electron chi connectivity index (χ3n) is 2.23. The molecule has 0 aromatic carbocycles. The minimum atomic E-state index is -0.217.